The Bertz CT molecular complexity index is 641. The molecule has 2 rings (SSSR count). The van der Waals surface area contributed by atoms with Crippen LogP contribution in [0, 0.1) is 0 Å². The van der Waals surface area contributed by atoms with Crippen LogP contribution in [0.1, 0.15) is 12.5 Å². The average Bonchev–Trinajstić information content (AvgIpc) is 2.56. The Morgan fingerprint density at radius 1 is 1.17 bits per heavy atom. The van der Waals surface area contributed by atoms with Crippen molar-refractivity contribution in [2.75, 3.05) is 19.8 Å². The van der Waals surface area contributed by atoms with Gasteiger partial charge in [-0.25, -0.2) is 4.79 Å². The molecule has 0 spiro atoms. The van der Waals surface area contributed by atoms with Gasteiger partial charge in [0.15, 0.2) is 18.1 Å². The van der Waals surface area contributed by atoms with Gasteiger partial charge in [-0.3, -0.25) is 20.4 Å². The minimum absolute atomic E-state index is 0.428. The first kappa shape index (κ1) is 16.3. The van der Waals surface area contributed by atoms with E-state index in [0.717, 1.165) is 5.56 Å². The molecule has 1 aromatic carbocycles. The summed E-state index contributed by atoms with van der Waals surface area (Å²) in [7, 11) is 0. The van der Waals surface area contributed by atoms with Crippen LogP contribution in [0.25, 0.3) is 6.08 Å². The number of nitrogens with one attached hydrogen (secondary N) is 2. The molecule has 0 unspecified atom stereocenters. The molecule has 0 bridgehead atoms. The fourth-order valence-electron chi connectivity index (χ4n) is 1.71. The summed E-state index contributed by atoms with van der Waals surface area (Å²) in [6.07, 6.45) is 2.73. The van der Waals surface area contributed by atoms with E-state index < -0.39 is 24.4 Å². The predicted molar refractivity (Wildman–Crippen MR) is 79.4 cm³/mol. The van der Waals surface area contributed by atoms with Crippen LogP contribution in [0.3, 0.4) is 0 Å². The Balaban J connectivity index is 1.81. The molecular formula is C15H16N2O6. The number of esters is 1. The second-order valence-corrected chi connectivity index (χ2v) is 4.57. The Kier molecular flexibility index (Phi) is 5.56. The van der Waals surface area contributed by atoms with Crippen molar-refractivity contribution in [1.29, 1.82) is 0 Å². The molecule has 1 aromatic rings. The highest BCUT2D eigenvalue weighted by molar-refractivity contribution is 5.89. The maximum absolute atomic E-state index is 11.5. The number of fused-ring (bicyclic) bond motifs is 1. The molecule has 2 amide bonds. The lowest BCUT2D eigenvalue weighted by atomic mass is 10.2. The van der Waals surface area contributed by atoms with Gasteiger partial charge in [-0.05, 0) is 23.8 Å². The van der Waals surface area contributed by atoms with E-state index in [9.17, 15) is 14.4 Å². The van der Waals surface area contributed by atoms with Crippen molar-refractivity contribution in [2.45, 2.75) is 6.92 Å². The molecule has 8 nitrogen and oxygen atoms in total. The van der Waals surface area contributed by atoms with Crippen molar-refractivity contribution in [3.8, 4) is 11.5 Å². The van der Waals surface area contributed by atoms with Crippen LogP contribution >= 0.6 is 0 Å². The van der Waals surface area contributed by atoms with Gasteiger partial charge in [-0.15, -0.1) is 0 Å². The molecule has 0 saturated carbocycles. The zero-order chi connectivity index (χ0) is 16.7. The molecule has 0 atom stereocenters. The van der Waals surface area contributed by atoms with E-state index in [1.807, 2.05) is 0 Å². The van der Waals surface area contributed by atoms with Crippen LogP contribution in [-0.2, 0) is 19.1 Å². The normalized spacial score (nSPS) is 12.6. The summed E-state index contributed by atoms with van der Waals surface area (Å²) in [6.45, 7) is 1.73. The highest BCUT2D eigenvalue weighted by Gasteiger charge is 2.11. The fraction of sp³-hybridized carbons (Fsp3) is 0.267. The monoisotopic (exact) mass is 320 g/mol. The molecular weight excluding hydrogens is 304 g/mol. The van der Waals surface area contributed by atoms with Gasteiger partial charge in [0.2, 0.25) is 5.91 Å². The number of benzene rings is 1. The first-order chi connectivity index (χ1) is 11.0. The maximum Gasteiger partial charge on any atom is 0.331 e. The minimum Gasteiger partial charge on any atom is -0.486 e. The summed E-state index contributed by atoms with van der Waals surface area (Å²) in [5, 5.41) is 0. The van der Waals surface area contributed by atoms with Gasteiger partial charge >= 0.3 is 5.97 Å². The number of carbonyl (C=O) groups is 3. The molecule has 0 radical (unpaired) electrons. The van der Waals surface area contributed by atoms with E-state index in [4.69, 9.17) is 14.2 Å². The molecule has 8 heteroatoms. The van der Waals surface area contributed by atoms with E-state index in [0.29, 0.717) is 24.7 Å². The summed E-state index contributed by atoms with van der Waals surface area (Å²) < 4.78 is 15.6. The highest BCUT2D eigenvalue weighted by Crippen LogP contribution is 2.31. The minimum atomic E-state index is -0.683. The topological polar surface area (TPSA) is 103 Å². The van der Waals surface area contributed by atoms with Crippen LogP contribution in [0.15, 0.2) is 24.3 Å². The molecule has 122 valence electrons. The van der Waals surface area contributed by atoms with Crippen LogP contribution in [0.2, 0.25) is 0 Å². The van der Waals surface area contributed by atoms with Gasteiger partial charge in [0.25, 0.3) is 5.91 Å². The number of hydrogen-bond acceptors (Lipinski definition) is 6. The number of hydrazine groups is 1. The predicted octanol–water partition coefficient (Wildman–Crippen LogP) is 0.181. The van der Waals surface area contributed by atoms with Crippen molar-refractivity contribution in [1.82, 2.24) is 10.9 Å². The summed E-state index contributed by atoms with van der Waals surface area (Å²) in [5.41, 5.74) is 4.89. The third kappa shape index (κ3) is 5.34. The van der Waals surface area contributed by atoms with Gasteiger partial charge in [0, 0.05) is 13.0 Å². The third-order valence-corrected chi connectivity index (χ3v) is 2.70. The number of hydrogen-bond donors (Lipinski definition) is 2. The van der Waals surface area contributed by atoms with Gasteiger partial charge < -0.3 is 14.2 Å². The number of ether oxygens (including phenoxy) is 3. The van der Waals surface area contributed by atoms with Crippen LogP contribution < -0.4 is 20.3 Å². The van der Waals surface area contributed by atoms with Gasteiger partial charge in [-0.1, -0.05) is 6.07 Å². The largest absolute Gasteiger partial charge is 0.486 e. The fourth-order valence-corrected chi connectivity index (χ4v) is 1.71. The lowest BCUT2D eigenvalue weighted by molar-refractivity contribution is -0.144. The zero-order valence-corrected chi connectivity index (χ0v) is 12.5. The molecule has 2 N–H and O–H groups in total. The van der Waals surface area contributed by atoms with E-state index in [1.165, 1.54) is 19.1 Å². The third-order valence-electron chi connectivity index (χ3n) is 2.70. The summed E-state index contributed by atoms with van der Waals surface area (Å²) in [4.78, 5) is 33.3. The molecule has 1 heterocycles. The summed E-state index contributed by atoms with van der Waals surface area (Å²) in [5.74, 6) is -0.477. The first-order valence-corrected chi connectivity index (χ1v) is 6.84. The van der Waals surface area contributed by atoms with Crippen LogP contribution in [0.5, 0.6) is 11.5 Å². The average molecular weight is 320 g/mol. The Morgan fingerprint density at radius 2 is 1.91 bits per heavy atom. The summed E-state index contributed by atoms with van der Waals surface area (Å²) in [6, 6.07) is 5.25. The zero-order valence-electron chi connectivity index (χ0n) is 12.5. The SMILES string of the molecule is CC(=O)NNC(=O)COC(=O)/C=C/c1ccc2c(c1)OCCO2. The van der Waals surface area contributed by atoms with Crippen molar-refractivity contribution in [3.05, 3.63) is 29.8 Å². The first-order valence-electron chi connectivity index (χ1n) is 6.84. The maximum atomic E-state index is 11.5. The van der Waals surface area contributed by atoms with Crippen molar-refractivity contribution in [3.63, 3.8) is 0 Å². The molecule has 0 aromatic heterocycles. The molecule has 1 aliphatic heterocycles. The van der Waals surface area contributed by atoms with Crippen LogP contribution in [0.4, 0.5) is 0 Å². The van der Waals surface area contributed by atoms with Gasteiger partial charge in [0.1, 0.15) is 13.2 Å². The number of amides is 2. The smallest absolute Gasteiger partial charge is 0.331 e. The lowest BCUT2D eigenvalue weighted by Crippen LogP contribution is -2.42. The van der Waals surface area contributed by atoms with Crippen molar-refractivity contribution < 1.29 is 28.6 Å². The number of carbonyl (C=O) groups excluding carboxylic acids is 3. The Hall–Kier alpha value is -3.03. The van der Waals surface area contributed by atoms with Crippen molar-refractivity contribution in [2.24, 2.45) is 0 Å². The molecule has 0 fully saturated rings. The Morgan fingerprint density at radius 3 is 2.65 bits per heavy atom. The van der Waals surface area contributed by atoms with E-state index >= 15 is 0 Å². The number of rotatable bonds is 4. The molecule has 23 heavy (non-hydrogen) atoms. The lowest BCUT2D eigenvalue weighted by Gasteiger charge is -2.18. The molecule has 0 saturated heterocycles. The second-order valence-electron chi connectivity index (χ2n) is 4.57. The molecule has 0 aliphatic carbocycles. The van der Waals surface area contributed by atoms with Gasteiger partial charge in [-0.2, -0.15) is 0 Å². The van der Waals surface area contributed by atoms with Crippen LogP contribution in [-0.4, -0.2) is 37.6 Å². The standard InChI is InChI=1S/C15H16N2O6/c1-10(18)16-17-14(19)9-23-15(20)5-3-11-2-4-12-13(8-11)22-7-6-21-12/h2-5,8H,6-7,9H2,1H3,(H,16,18)(H,17,19)/b5-3+. The Labute approximate surface area is 132 Å². The van der Waals surface area contributed by atoms with Gasteiger partial charge in [0.05, 0.1) is 0 Å². The highest BCUT2D eigenvalue weighted by atomic mass is 16.6. The summed E-state index contributed by atoms with van der Waals surface area (Å²) >= 11 is 0. The van der Waals surface area contributed by atoms with Crippen molar-refractivity contribution >= 4 is 23.9 Å². The quantitative estimate of drug-likeness (QED) is 0.466. The van der Waals surface area contributed by atoms with E-state index in [2.05, 4.69) is 10.9 Å². The van der Waals surface area contributed by atoms with E-state index in [1.54, 1.807) is 18.2 Å². The van der Waals surface area contributed by atoms with E-state index in [-0.39, 0.29) is 0 Å². The molecule has 1 aliphatic rings. The second kappa shape index (κ2) is 7.83.